The summed E-state index contributed by atoms with van der Waals surface area (Å²) in [5.74, 6) is -1.06. The van der Waals surface area contributed by atoms with Crippen molar-refractivity contribution in [2.45, 2.75) is 4.90 Å². The Morgan fingerprint density at radius 1 is 0.879 bits per heavy atom. The number of aldehydes is 1. The summed E-state index contributed by atoms with van der Waals surface area (Å²) in [5, 5.41) is 1.80. The van der Waals surface area contributed by atoms with Crippen LogP contribution in [0.5, 0.6) is 0 Å². The van der Waals surface area contributed by atoms with Crippen LogP contribution in [0.15, 0.2) is 71.6 Å². The Morgan fingerprint density at radius 3 is 2.21 bits per heavy atom. The van der Waals surface area contributed by atoms with Gasteiger partial charge in [0.2, 0.25) is 10.0 Å². The second-order valence-electron chi connectivity index (χ2n) is 7.61. The minimum Gasteiger partial charge on any atom is -0.452 e. The maximum Gasteiger partial charge on any atom is 0.338 e. The lowest BCUT2D eigenvalue weighted by Crippen LogP contribution is -2.51. The van der Waals surface area contributed by atoms with Crippen molar-refractivity contribution in [3.05, 3.63) is 77.9 Å². The van der Waals surface area contributed by atoms with Crippen molar-refractivity contribution in [1.29, 1.82) is 0 Å². The van der Waals surface area contributed by atoms with E-state index in [0.29, 0.717) is 11.8 Å². The standard InChI is InChI=1S/C24H22N2O6S/c27-16-18-5-7-20(8-6-18)24(29)32-17-23(28)25-11-13-26(14-12-25)33(30,31)22-10-9-19-3-1-2-4-21(19)15-22/h1-10,15-16H,11-14,17H2. The highest BCUT2D eigenvalue weighted by molar-refractivity contribution is 7.89. The molecule has 0 atom stereocenters. The van der Waals surface area contributed by atoms with Gasteiger partial charge in [-0.2, -0.15) is 4.31 Å². The molecular weight excluding hydrogens is 444 g/mol. The maximum absolute atomic E-state index is 13.1. The van der Waals surface area contributed by atoms with E-state index in [0.717, 1.165) is 10.8 Å². The van der Waals surface area contributed by atoms with Crippen molar-refractivity contribution in [3.8, 4) is 0 Å². The molecule has 1 heterocycles. The number of hydrogen-bond acceptors (Lipinski definition) is 6. The summed E-state index contributed by atoms with van der Waals surface area (Å²) in [6, 6.07) is 18.4. The lowest BCUT2D eigenvalue weighted by Gasteiger charge is -2.33. The maximum atomic E-state index is 13.1. The first-order chi connectivity index (χ1) is 15.9. The van der Waals surface area contributed by atoms with Gasteiger partial charge < -0.3 is 9.64 Å². The van der Waals surface area contributed by atoms with Crippen molar-refractivity contribution in [2.24, 2.45) is 0 Å². The number of fused-ring (bicyclic) bond motifs is 1. The second-order valence-corrected chi connectivity index (χ2v) is 9.55. The predicted octanol–water partition coefficient (Wildman–Crippen LogP) is 2.34. The highest BCUT2D eigenvalue weighted by Gasteiger charge is 2.30. The fourth-order valence-electron chi connectivity index (χ4n) is 3.65. The molecule has 0 bridgehead atoms. The molecule has 0 unspecified atom stereocenters. The molecule has 8 nitrogen and oxygen atoms in total. The lowest BCUT2D eigenvalue weighted by molar-refractivity contribution is -0.135. The number of nitrogens with zero attached hydrogens (tertiary/aromatic N) is 2. The Balaban J connectivity index is 1.33. The quantitative estimate of drug-likeness (QED) is 0.408. The molecule has 0 saturated carbocycles. The number of carbonyl (C=O) groups excluding carboxylic acids is 3. The van der Waals surface area contributed by atoms with E-state index in [1.165, 1.54) is 33.5 Å². The number of hydrogen-bond donors (Lipinski definition) is 0. The van der Waals surface area contributed by atoms with Crippen LogP contribution in [0, 0.1) is 0 Å². The number of ether oxygens (including phenoxy) is 1. The van der Waals surface area contributed by atoms with Crippen LogP contribution in [-0.2, 0) is 19.6 Å². The SMILES string of the molecule is O=Cc1ccc(C(=O)OCC(=O)N2CCN(S(=O)(=O)c3ccc4ccccc4c3)CC2)cc1. The zero-order valence-corrected chi connectivity index (χ0v) is 18.5. The van der Waals surface area contributed by atoms with E-state index in [1.807, 2.05) is 24.3 Å². The van der Waals surface area contributed by atoms with Gasteiger partial charge in [-0.3, -0.25) is 9.59 Å². The molecule has 0 radical (unpaired) electrons. The van der Waals surface area contributed by atoms with Gasteiger partial charge in [-0.25, -0.2) is 13.2 Å². The average molecular weight is 467 g/mol. The molecule has 33 heavy (non-hydrogen) atoms. The van der Waals surface area contributed by atoms with Crippen LogP contribution in [0.3, 0.4) is 0 Å². The molecule has 1 aliphatic heterocycles. The average Bonchev–Trinajstić information content (AvgIpc) is 2.86. The molecule has 3 aromatic carbocycles. The molecule has 9 heteroatoms. The number of esters is 1. The van der Waals surface area contributed by atoms with Crippen molar-refractivity contribution < 1.29 is 27.5 Å². The van der Waals surface area contributed by atoms with Crippen LogP contribution in [0.25, 0.3) is 10.8 Å². The highest BCUT2D eigenvalue weighted by atomic mass is 32.2. The van der Waals surface area contributed by atoms with Gasteiger partial charge in [-0.05, 0) is 35.0 Å². The van der Waals surface area contributed by atoms with Gasteiger partial charge >= 0.3 is 5.97 Å². The number of carbonyl (C=O) groups is 3. The molecule has 170 valence electrons. The van der Waals surface area contributed by atoms with Gasteiger partial charge in [0.25, 0.3) is 5.91 Å². The molecule has 0 spiro atoms. The monoisotopic (exact) mass is 466 g/mol. The molecule has 1 aliphatic rings. The number of sulfonamides is 1. The Bertz CT molecular complexity index is 1300. The molecular formula is C24H22N2O6S. The highest BCUT2D eigenvalue weighted by Crippen LogP contribution is 2.23. The van der Waals surface area contributed by atoms with E-state index < -0.39 is 28.5 Å². The molecule has 1 amide bonds. The van der Waals surface area contributed by atoms with Crippen LogP contribution in [-0.4, -0.2) is 68.6 Å². The Kier molecular flexibility index (Phi) is 6.52. The fraction of sp³-hybridized carbons (Fsp3) is 0.208. The van der Waals surface area contributed by atoms with Gasteiger partial charge in [-0.15, -0.1) is 0 Å². The number of benzene rings is 3. The summed E-state index contributed by atoms with van der Waals surface area (Å²) in [5.41, 5.74) is 0.666. The Morgan fingerprint density at radius 2 is 1.55 bits per heavy atom. The van der Waals surface area contributed by atoms with E-state index in [9.17, 15) is 22.8 Å². The second kappa shape index (κ2) is 9.51. The Hall–Kier alpha value is -3.56. The van der Waals surface area contributed by atoms with Crippen molar-refractivity contribution in [3.63, 3.8) is 0 Å². The van der Waals surface area contributed by atoms with Crippen LogP contribution < -0.4 is 0 Å². The van der Waals surface area contributed by atoms with Crippen molar-refractivity contribution in [2.75, 3.05) is 32.8 Å². The van der Waals surface area contributed by atoms with Crippen LogP contribution in [0.1, 0.15) is 20.7 Å². The summed E-state index contributed by atoms with van der Waals surface area (Å²) in [6.07, 6.45) is 0.665. The van der Waals surface area contributed by atoms with Gasteiger partial charge in [0, 0.05) is 31.7 Å². The Labute approximate surface area is 191 Å². The first kappa shape index (κ1) is 22.6. The van der Waals surface area contributed by atoms with E-state index in [2.05, 4.69) is 0 Å². The van der Waals surface area contributed by atoms with E-state index in [1.54, 1.807) is 18.2 Å². The molecule has 3 aromatic rings. The molecule has 1 saturated heterocycles. The molecule has 4 rings (SSSR count). The van der Waals surface area contributed by atoms with Crippen molar-refractivity contribution >= 4 is 39.0 Å². The fourth-order valence-corrected chi connectivity index (χ4v) is 5.11. The largest absolute Gasteiger partial charge is 0.452 e. The van der Waals surface area contributed by atoms with Gasteiger partial charge in [0.15, 0.2) is 6.61 Å². The van der Waals surface area contributed by atoms with Gasteiger partial charge in [0.1, 0.15) is 6.29 Å². The predicted molar refractivity (Wildman–Crippen MR) is 121 cm³/mol. The smallest absolute Gasteiger partial charge is 0.338 e. The summed E-state index contributed by atoms with van der Waals surface area (Å²) < 4.78 is 32.5. The van der Waals surface area contributed by atoms with Crippen LogP contribution >= 0.6 is 0 Å². The normalized spacial score (nSPS) is 14.7. The number of amides is 1. The lowest BCUT2D eigenvalue weighted by atomic mass is 10.1. The van der Waals surface area contributed by atoms with E-state index in [4.69, 9.17) is 4.74 Å². The molecule has 0 N–H and O–H groups in total. The zero-order valence-electron chi connectivity index (χ0n) is 17.7. The topological polar surface area (TPSA) is 101 Å². The van der Waals surface area contributed by atoms with Crippen molar-refractivity contribution in [1.82, 2.24) is 9.21 Å². The van der Waals surface area contributed by atoms with Gasteiger partial charge in [-0.1, -0.05) is 42.5 Å². The van der Waals surface area contributed by atoms with Crippen LogP contribution in [0.2, 0.25) is 0 Å². The zero-order chi connectivity index (χ0) is 23.4. The third-order valence-electron chi connectivity index (χ3n) is 5.56. The first-order valence-electron chi connectivity index (χ1n) is 10.4. The summed E-state index contributed by atoms with van der Waals surface area (Å²) >= 11 is 0. The van der Waals surface area contributed by atoms with Crippen LogP contribution in [0.4, 0.5) is 0 Å². The van der Waals surface area contributed by atoms with Gasteiger partial charge in [0.05, 0.1) is 10.5 Å². The van der Waals surface area contributed by atoms with E-state index >= 15 is 0 Å². The minimum absolute atomic E-state index is 0.155. The van der Waals surface area contributed by atoms with E-state index in [-0.39, 0.29) is 36.6 Å². The summed E-state index contributed by atoms with van der Waals surface area (Å²) in [7, 11) is -3.68. The minimum atomic E-state index is -3.68. The summed E-state index contributed by atoms with van der Waals surface area (Å²) in [6.45, 7) is 0.282. The molecule has 1 fully saturated rings. The third-order valence-corrected chi connectivity index (χ3v) is 7.45. The number of piperazine rings is 1. The molecule has 0 aliphatic carbocycles. The first-order valence-corrected chi connectivity index (χ1v) is 11.8. The summed E-state index contributed by atoms with van der Waals surface area (Å²) in [4.78, 5) is 36.9. The molecule has 0 aromatic heterocycles. The third kappa shape index (κ3) is 4.94. The number of rotatable bonds is 6.